The number of amides is 3. The van der Waals surface area contributed by atoms with Crippen LogP contribution in [0.5, 0.6) is 23.0 Å². The van der Waals surface area contributed by atoms with Crippen molar-refractivity contribution in [3.05, 3.63) is 119 Å². The molecule has 4 aliphatic heterocycles. The van der Waals surface area contributed by atoms with Gasteiger partial charge in [-0.3, -0.25) is 24.6 Å². The Hall–Kier alpha value is -5.35. The van der Waals surface area contributed by atoms with Gasteiger partial charge in [0, 0.05) is 61.6 Å². The maximum Gasteiger partial charge on any atom is 0.255 e. The van der Waals surface area contributed by atoms with E-state index in [2.05, 4.69) is 58.7 Å². The molecule has 8 rings (SSSR count). The lowest BCUT2D eigenvalue weighted by atomic mass is 9.76. The molecule has 4 aromatic carbocycles. The Morgan fingerprint density at radius 2 is 1.63 bits per heavy atom. The standard InChI is InChI=1S/C42H43N3O7/c46-31-10-14-35-38(22-31)52-26-36(28-6-2-1-3-7-28)40(35)29-8-11-32(12-9-29)51-20-18-44-23-27(24-44)5-4-19-50-33-13-15-34-30(21-33)25-45(42(34)49)37-16-17-39(47)43-41(37)48/h1-3,6-15,21-22,27,36-37,40,46H,4-5,16-20,23-26H2,(H,43,47,48)/t36-,37?,40?/m1/s1. The molecule has 10 heteroatoms. The summed E-state index contributed by atoms with van der Waals surface area (Å²) >= 11 is 0. The van der Waals surface area contributed by atoms with E-state index in [0.717, 1.165) is 60.9 Å². The number of carbonyl (C=O) groups excluding carboxylic acids is 3. The lowest BCUT2D eigenvalue weighted by Gasteiger charge is -2.39. The van der Waals surface area contributed by atoms with Crippen molar-refractivity contribution in [1.82, 2.24) is 15.1 Å². The summed E-state index contributed by atoms with van der Waals surface area (Å²) in [5.41, 5.74) is 4.93. The molecular formula is C42H43N3O7. The van der Waals surface area contributed by atoms with Crippen LogP contribution in [0.3, 0.4) is 0 Å². The van der Waals surface area contributed by atoms with Crippen LogP contribution in [-0.4, -0.2) is 78.1 Å². The number of phenols is 1. The monoisotopic (exact) mass is 701 g/mol. The van der Waals surface area contributed by atoms with Crippen molar-refractivity contribution in [2.45, 2.75) is 50.1 Å². The van der Waals surface area contributed by atoms with Crippen molar-refractivity contribution in [3.8, 4) is 23.0 Å². The molecule has 0 radical (unpaired) electrons. The van der Waals surface area contributed by atoms with Crippen LogP contribution in [-0.2, 0) is 16.1 Å². The van der Waals surface area contributed by atoms with Crippen molar-refractivity contribution in [2.24, 2.45) is 5.92 Å². The van der Waals surface area contributed by atoms with E-state index in [1.807, 2.05) is 24.3 Å². The van der Waals surface area contributed by atoms with Gasteiger partial charge in [0.1, 0.15) is 35.6 Å². The topological polar surface area (TPSA) is 118 Å². The molecule has 4 heterocycles. The summed E-state index contributed by atoms with van der Waals surface area (Å²) in [6, 6.07) is 29.2. The van der Waals surface area contributed by atoms with Gasteiger partial charge in [-0.05, 0) is 78.3 Å². The third kappa shape index (κ3) is 7.08. The highest BCUT2D eigenvalue weighted by atomic mass is 16.5. The Balaban J connectivity index is 0.761. The number of nitrogens with zero attached hydrogens (tertiary/aromatic N) is 2. The SMILES string of the molecule is O=C1CCC(N2Cc3cc(OCCCC4CN(CCOc5ccc(C6c7ccc(O)cc7OC[C@@H]6c6ccccc6)cc5)C4)ccc3C2=O)C(=O)N1. The number of hydrogen-bond acceptors (Lipinski definition) is 8. The number of imide groups is 1. The first-order valence-electron chi connectivity index (χ1n) is 18.3. The Morgan fingerprint density at radius 1 is 0.846 bits per heavy atom. The molecule has 0 saturated carbocycles. The predicted octanol–water partition coefficient (Wildman–Crippen LogP) is 5.63. The Bertz CT molecular complexity index is 1940. The summed E-state index contributed by atoms with van der Waals surface area (Å²) < 4.78 is 18.3. The molecule has 268 valence electrons. The summed E-state index contributed by atoms with van der Waals surface area (Å²) in [7, 11) is 0. The maximum atomic E-state index is 12.9. The molecule has 3 amide bonds. The number of piperidine rings is 1. The number of hydrogen-bond donors (Lipinski definition) is 2. The molecule has 2 unspecified atom stereocenters. The minimum absolute atomic E-state index is 0.0983. The molecule has 0 aromatic heterocycles. The van der Waals surface area contributed by atoms with E-state index in [9.17, 15) is 19.5 Å². The Morgan fingerprint density at radius 3 is 2.44 bits per heavy atom. The first-order chi connectivity index (χ1) is 25.4. The zero-order chi connectivity index (χ0) is 35.6. The largest absolute Gasteiger partial charge is 0.508 e. The number of phenolic OH excluding ortho intramolecular Hbond substituents is 1. The number of fused-ring (bicyclic) bond motifs is 2. The molecule has 52 heavy (non-hydrogen) atoms. The van der Waals surface area contributed by atoms with Crippen molar-refractivity contribution < 1.29 is 33.7 Å². The average molecular weight is 702 g/mol. The number of nitrogens with one attached hydrogen (secondary N) is 1. The van der Waals surface area contributed by atoms with E-state index in [1.54, 1.807) is 23.1 Å². The Kier molecular flexibility index (Phi) is 9.56. The van der Waals surface area contributed by atoms with Gasteiger partial charge in [-0.25, -0.2) is 0 Å². The van der Waals surface area contributed by atoms with Gasteiger partial charge in [-0.1, -0.05) is 48.5 Å². The second kappa shape index (κ2) is 14.7. The number of carbonyl (C=O) groups is 3. The zero-order valence-electron chi connectivity index (χ0n) is 29.0. The van der Waals surface area contributed by atoms with Crippen LogP contribution < -0.4 is 19.5 Å². The van der Waals surface area contributed by atoms with Gasteiger partial charge >= 0.3 is 0 Å². The van der Waals surface area contributed by atoms with Crippen LogP contribution in [0.15, 0.2) is 91.0 Å². The number of likely N-dealkylation sites (tertiary alicyclic amines) is 1. The summed E-state index contributed by atoms with van der Waals surface area (Å²) in [5.74, 6) is 2.55. The first-order valence-corrected chi connectivity index (χ1v) is 18.3. The molecule has 2 saturated heterocycles. The quantitative estimate of drug-likeness (QED) is 0.144. The third-order valence-electron chi connectivity index (χ3n) is 10.8. The van der Waals surface area contributed by atoms with Gasteiger partial charge in [-0.15, -0.1) is 0 Å². The zero-order valence-corrected chi connectivity index (χ0v) is 29.0. The van der Waals surface area contributed by atoms with E-state index in [0.29, 0.717) is 44.3 Å². The maximum absolute atomic E-state index is 12.9. The van der Waals surface area contributed by atoms with E-state index in [-0.39, 0.29) is 35.8 Å². The lowest BCUT2D eigenvalue weighted by molar-refractivity contribution is -0.136. The van der Waals surface area contributed by atoms with E-state index < -0.39 is 11.9 Å². The lowest BCUT2D eigenvalue weighted by Crippen LogP contribution is -2.52. The molecule has 0 spiro atoms. The van der Waals surface area contributed by atoms with E-state index in [4.69, 9.17) is 14.2 Å². The van der Waals surface area contributed by atoms with Crippen molar-refractivity contribution in [2.75, 3.05) is 39.5 Å². The minimum Gasteiger partial charge on any atom is -0.508 e. The fraction of sp³-hybridized carbons (Fsp3) is 0.357. The third-order valence-corrected chi connectivity index (χ3v) is 10.8. The van der Waals surface area contributed by atoms with Crippen molar-refractivity contribution in [3.63, 3.8) is 0 Å². The summed E-state index contributed by atoms with van der Waals surface area (Å²) in [5, 5.41) is 12.4. The normalized spacial score (nSPS) is 21.5. The van der Waals surface area contributed by atoms with E-state index in [1.165, 1.54) is 11.1 Å². The highest BCUT2D eigenvalue weighted by Gasteiger charge is 2.39. The van der Waals surface area contributed by atoms with Crippen LogP contribution in [0, 0.1) is 5.92 Å². The number of ether oxygens (including phenoxy) is 3. The number of aromatic hydroxyl groups is 1. The second-order valence-corrected chi connectivity index (χ2v) is 14.3. The molecule has 0 bridgehead atoms. The summed E-state index contributed by atoms with van der Waals surface area (Å²) in [6.45, 7) is 5.11. The van der Waals surface area contributed by atoms with Gasteiger partial charge in [-0.2, -0.15) is 0 Å². The van der Waals surface area contributed by atoms with Crippen LogP contribution in [0.2, 0.25) is 0 Å². The first kappa shape index (κ1) is 33.8. The van der Waals surface area contributed by atoms with Crippen molar-refractivity contribution >= 4 is 17.7 Å². The molecule has 4 aliphatic rings. The molecule has 2 fully saturated rings. The molecule has 4 aromatic rings. The molecule has 0 aliphatic carbocycles. The van der Waals surface area contributed by atoms with Gasteiger partial charge < -0.3 is 24.2 Å². The van der Waals surface area contributed by atoms with Crippen LogP contribution in [0.25, 0.3) is 0 Å². The molecule has 2 N–H and O–H groups in total. The van der Waals surface area contributed by atoms with Gasteiger partial charge in [0.05, 0.1) is 13.2 Å². The Labute approximate surface area is 303 Å². The highest BCUT2D eigenvalue weighted by Crippen LogP contribution is 2.47. The van der Waals surface area contributed by atoms with E-state index >= 15 is 0 Å². The number of benzene rings is 4. The fourth-order valence-electron chi connectivity index (χ4n) is 8.11. The smallest absolute Gasteiger partial charge is 0.255 e. The minimum atomic E-state index is -0.615. The van der Waals surface area contributed by atoms with Crippen molar-refractivity contribution in [1.29, 1.82) is 0 Å². The number of rotatable bonds is 12. The predicted molar refractivity (Wildman–Crippen MR) is 194 cm³/mol. The molecule has 10 nitrogen and oxygen atoms in total. The molecule has 3 atom stereocenters. The summed E-state index contributed by atoms with van der Waals surface area (Å²) in [4.78, 5) is 40.8. The second-order valence-electron chi connectivity index (χ2n) is 14.3. The van der Waals surface area contributed by atoms with Crippen LogP contribution >= 0.6 is 0 Å². The van der Waals surface area contributed by atoms with Crippen LogP contribution in [0.4, 0.5) is 0 Å². The highest BCUT2D eigenvalue weighted by molar-refractivity contribution is 6.05. The summed E-state index contributed by atoms with van der Waals surface area (Å²) in [6.07, 6.45) is 2.63. The molecular weight excluding hydrogens is 658 g/mol. The van der Waals surface area contributed by atoms with Crippen LogP contribution in [0.1, 0.15) is 70.1 Å². The van der Waals surface area contributed by atoms with Gasteiger partial charge in [0.2, 0.25) is 11.8 Å². The fourth-order valence-corrected chi connectivity index (χ4v) is 8.11. The van der Waals surface area contributed by atoms with Gasteiger partial charge in [0.25, 0.3) is 5.91 Å². The average Bonchev–Trinajstić information content (AvgIpc) is 3.46. The van der Waals surface area contributed by atoms with Gasteiger partial charge in [0.15, 0.2) is 0 Å².